The maximum absolute atomic E-state index is 14.1. The number of carbonyl (C=O) groups is 2. The van der Waals surface area contributed by atoms with Gasteiger partial charge in [-0.05, 0) is 59.8 Å². The van der Waals surface area contributed by atoms with Gasteiger partial charge in [0, 0.05) is 11.4 Å². The minimum Gasteiger partial charge on any atom is -0.320 e. The molecule has 2 heterocycles. The predicted octanol–water partition coefficient (Wildman–Crippen LogP) is 6.62. The first-order valence-electron chi connectivity index (χ1n) is 12.0. The summed E-state index contributed by atoms with van der Waals surface area (Å²) in [4.78, 5) is 29.8. The molecular formula is C30H22N4O2S2. The van der Waals surface area contributed by atoms with Crippen LogP contribution in [0.1, 0.15) is 5.56 Å². The van der Waals surface area contributed by atoms with E-state index in [-0.39, 0.29) is 16.9 Å². The maximum atomic E-state index is 14.1. The molecular weight excluding hydrogens is 512 g/mol. The lowest BCUT2D eigenvalue weighted by Crippen LogP contribution is -2.51. The molecule has 1 spiro atoms. The van der Waals surface area contributed by atoms with Gasteiger partial charge >= 0.3 is 0 Å². The minimum atomic E-state index is -1.08. The van der Waals surface area contributed by atoms with Gasteiger partial charge in [-0.3, -0.25) is 14.5 Å². The molecule has 1 saturated heterocycles. The van der Waals surface area contributed by atoms with Gasteiger partial charge in [-0.15, -0.1) is 0 Å². The van der Waals surface area contributed by atoms with Crippen LogP contribution < -0.4 is 15.2 Å². The SMILES string of the molecule is O=C(Nc1ccccc1)C1=NN(c2ccccc2)[C@]2(S1)S/C(=C/c1ccccc1)C(=O)N2c1ccccc1. The highest BCUT2D eigenvalue weighted by Gasteiger charge is 2.60. The van der Waals surface area contributed by atoms with E-state index in [1.165, 1.54) is 23.5 Å². The number of anilines is 3. The van der Waals surface area contributed by atoms with Crippen LogP contribution in [0, 0.1) is 0 Å². The number of hydrazone groups is 1. The van der Waals surface area contributed by atoms with Gasteiger partial charge in [0.15, 0.2) is 5.04 Å². The third kappa shape index (κ3) is 4.49. The minimum absolute atomic E-state index is 0.154. The highest BCUT2D eigenvalue weighted by atomic mass is 32.2. The van der Waals surface area contributed by atoms with Crippen molar-refractivity contribution in [2.45, 2.75) is 4.33 Å². The van der Waals surface area contributed by atoms with Gasteiger partial charge in [-0.1, -0.05) is 96.7 Å². The number of amides is 2. The third-order valence-electron chi connectivity index (χ3n) is 5.97. The smallest absolute Gasteiger partial charge is 0.282 e. The molecule has 0 aromatic heterocycles. The van der Waals surface area contributed by atoms with Crippen LogP contribution in [0.3, 0.4) is 0 Å². The molecule has 2 aliphatic heterocycles. The second-order valence-electron chi connectivity index (χ2n) is 8.52. The van der Waals surface area contributed by atoms with Crippen LogP contribution in [0.25, 0.3) is 6.08 Å². The van der Waals surface area contributed by atoms with E-state index in [1.54, 1.807) is 9.91 Å². The van der Waals surface area contributed by atoms with Gasteiger partial charge in [0.05, 0.1) is 10.6 Å². The molecule has 0 radical (unpaired) electrons. The van der Waals surface area contributed by atoms with Crippen LogP contribution in [0.2, 0.25) is 0 Å². The molecule has 8 heteroatoms. The van der Waals surface area contributed by atoms with Crippen molar-refractivity contribution in [1.82, 2.24) is 0 Å². The number of para-hydroxylation sites is 3. The van der Waals surface area contributed by atoms with Gasteiger partial charge in [-0.2, -0.15) is 5.10 Å². The van der Waals surface area contributed by atoms with Crippen molar-refractivity contribution < 1.29 is 9.59 Å². The molecule has 6 nitrogen and oxygen atoms in total. The van der Waals surface area contributed by atoms with Gasteiger partial charge in [-0.25, -0.2) is 5.01 Å². The zero-order valence-electron chi connectivity index (χ0n) is 20.1. The van der Waals surface area contributed by atoms with Crippen molar-refractivity contribution in [2.24, 2.45) is 5.10 Å². The van der Waals surface area contributed by atoms with Crippen molar-refractivity contribution in [1.29, 1.82) is 0 Å². The molecule has 2 amide bonds. The number of carbonyl (C=O) groups excluding carboxylic acids is 2. The summed E-state index contributed by atoms with van der Waals surface area (Å²) in [6, 6.07) is 38.1. The lowest BCUT2D eigenvalue weighted by molar-refractivity contribution is -0.114. The molecule has 1 fully saturated rings. The molecule has 2 aliphatic rings. The van der Waals surface area contributed by atoms with Crippen molar-refractivity contribution in [2.75, 3.05) is 15.2 Å². The molecule has 4 aromatic carbocycles. The van der Waals surface area contributed by atoms with Crippen LogP contribution in [-0.4, -0.2) is 21.2 Å². The van der Waals surface area contributed by atoms with Crippen LogP contribution in [0.5, 0.6) is 0 Å². The Bertz CT molecular complexity index is 1530. The molecule has 6 rings (SSSR count). The number of hydrogen-bond acceptors (Lipinski definition) is 6. The lowest BCUT2D eigenvalue weighted by atomic mass is 10.2. The Morgan fingerprint density at radius 2 is 1.29 bits per heavy atom. The van der Waals surface area contributed by atoms with Crippen LogP contribution >= 0.6 is 23.5 Å². The molecule has 1 atom stereocenters. The van der Waals surface area contributed by atoms with Crippen molar-refractivity contribution in [3.63, 3.8) is 0 Å². The molecule has 0 saturated carbocycles. The third-order valence-corrected chi connectivity index (χ3v) is 8.68. The first-order chi connectivity index (χ1) is 18.6. The van der Waals surface area contributed by atoms with Crippen molar-refractivity contribution >= 4 is 63.5 Å². The Morgan fingerprint density at radius 3 is 1.92 bits per heavy atom. The predicted molar refractivity (Wildman–Crippen MR) is 158 cm³/mol. The van der Waals surface area contributed by atoms with E-state index in [0.29, 0.717) is 10.6 Å². The van der Waals surface area contributed by atoms with E-state index in [0.717, 1.165) is 16.9 Å². The number of nitrogens with one attached hydrogen (secondary N) is 1. The van der Waals surface area contributed by atoms with Gasteiger partial charge in [0.1, 0.15) is 0 Å². The Balaban J connectivity index is 1.46. The zero-order valence-corrected chi connectivity index (χ0v) is 21.7. The first kappa shape index (κ1) is 24.1. The molecule has 0 unspecified atom stereocenters. The van der Waals surface area contributed by atoms with Crippen LogP contribution in [0.15, 0.2) is 131 Å². The molecule has 1 N–H and O–H groups in total. The molecule has 0 bridgehead atoms. The number of rotatable bonds is 5. The summed E-state index contributed by atoms with van der Waals surface area (Å²) in [6.07, 6.45) is 1.89. The zero-order chi connectivity index (χ0) is 26.0. The quantitative estimate of drug-likeness (QED) is 0.291. The lowest BCUT2D eigenvalue weighted by Gasteiger charge is -2.38. The number of benzene rings is 4. The average molecular weight is 535 g/mol. The van der Waals surface area contributed by atoms with Gasteiger partial charge in [0.25, 0.3) is 11.8 Å². The second-order valence-corrected chi connectivity index (χ2v) is 11.2. The summed E-state index contributed by atoms with van der Waals surface area (Å²) in [6.45, 7) is 0. The molecule has 186 valence electrons. The largest absolute Gasteiger partial charge is 0.320 e. The number of hydrogen-bond donors (Lipinski definition) is 1. The Labute approximate surface area is 229 Å². The number of thioether (sulfide) groups is 2. The Kier molecular flexibility index (Phi) is 6.49. The monoisotopic (exact) mass is 534 g/mol. The van der Waals surface area contributed by atoms with E-state index in [2.05, 4.69) is 5.32 Å². The summed E-state index contributed by atoms with van der Waals surface area (Å²) < 4.78 is -1.08. The second kappa shape index (κ2) is 10.2. The fourth-order valence-electron chi connectivity index (χ4n) is 4.26. The van der Waals surface area contributed by atoms with Crippen molar-refractivity contribution in [3.05, 3.63) is 132 Å². The standard InChI is InChI=1S/C30H22N4O2S2/c35-27(31-23-15-7-2-8-16-23)28-32-34(25-19-11-4-12-20-25)30(38-28)33(24-17-9-3-10-18-24)29(36)26(37-30)21-22-13-5-1-6-14-22/h1-21H,(H,31,35)/b26-21+/t30-/m0/s1. The Morgan fingerprint density at radius 1 is 0.737 bits per heavy atom. The first-order valence-corrected chi connectivity index (χ1v) is 13.6. The summed E-state index contributed by atoms with van der Waals surface area (Å²) in [5.41, 5.74) is 3.08. The van der Waals surface area contributed by atoms with Gasteiger partial charge in [0.2, 0.25) is 4.33 Å². The van der Waals surface area contributed by atoms with Crippen LogP contribution in [-0.2, 0) is 9.59 Å². The normalized spacial score (nSPS) is 19.7. The summed E-state index contributed by atoms with van der Waals surface area (Å²) in [7, 11) is 0. The van der Waals surface area contributed by atoms with E-state index >= 15 is 0 Å². The maximum Gasteiger partial charge on any atom is 0.282 e. The fourth-order valence-corrected chi connectivity index (χ4v) is 7.13. The average Bonchev–Trinajstić information content (AvgIpc) is 3.47. The summed E-state index contributed by atoms with van der Waals surface area (Å²) in [5.74, 6) is -0.487. The molecule has 4 aromatic rings. The highest BCUT2D eigenvalue weighted by Crippen LogP contribution is 2.59. The van der Waals surface area contributed by atoms with E-state index in [4.69, 9.17) is 5.10 Å². The highest BCUT2D eigenvalue weighted by molar-refractivity contribution is 8.29. The summed E-state index contributed by atoms with van der Waals surface area (Å²) >= 11 is 2.65. The Hall–Kier alpha value is -4.27. The summed E-state index contributed by atoms with van der Waals surface area (Å²) in [5, 5.41) is 9.78. The topological polar surface area (TPSA) is 65.0 Å². The van der Waals surface area contributed by atoms with E-state index in [9.17, 15) is 9.59 Å². The number of nitrogens with zero attached hydrogens (tertiary/aromatic N) is 3. The fraction of sp³-hybridized carbons (Fsp3) is 0.0333. The van der Waals surface area contributed by atoms with Crippen LogP contribution in [0.4, 0.5) is 17.1 Å². The van der Waals surface area contributed by atoms with Gasteiger partial charge < -0.3 is 5.32 Å². The van der Waals surface area contributed by atoms with E-state index in [1.807, 2.05) is 127 Å². The van der Waals surface area contributed by atoms with Crippen molar-refractivity contribution in [3.8, 4) is 0 Å². The molecule has 38 heavy (non-hydrogen) atoms. The molecule has 0 aliphatic carbocycles. The van der Waals surface area contributed by atoms with E-state index < -0.39 is 4.33 Å².